The Bertz CT molecular complexity index is 800. The van der Waals surface area contributed by atoms with Gasteiger partial charge in [0, 0.05) is 10.9 Å². The van der Waals surface area contributed by atoms with Crippen LogP contribution in [0.1, 0.15) is 11.3 Å². The zero-order valence-electron chi connectivity index (χ0n) is 11.1. The van der Waals surface area contributed by atoms with E-state index in [0.717, 1.165) is 16.6 Å². The van der Waals surface area contributed by atoms with Crippen molar-refractivity contribution in [2.75, 3.05) is 0 Å². The van der Waals surface area contributed by atoms with Crippen molar-refractivity contribution in [1.29, 1.82) is 0 Å². The van der Waals surface area contributed by atoms with Crippen LogP contribution < -0.4 is 0 Å². The second kappa shape index (κ2) is 6.29. The summed E-state index contributed by atoms with van der Waals surface area (Å²) >= 11 is 0. The summed E-state index contributed by atoms with van der Waals surface area (Å²) in [4.78, 5) is 4.51. The molecule has 0 saturated carbocycles. The minimum Gasteiger partial charge on any atom is -0.508 e. The molecule has 21 heavy (non-hydrogen) atoms. The van der Waals surface area contributed by atoms with Gasteiger partial charge in [0.1, 0.15) is 11.5 Å². The third-order valence-corrected chi connectivity index (χ3v) is 3.06. The predicted molar refractivity (Wildman–Crippen MR) is 87.7 cm³/mol. The predicted octanol–water partition coefficient (Wildman–Crippen LogP) is 4.24. The Morgan fingerprint density at radius 1 is 0.857 bits per heavy atom. The molecule has 0 saturated heterocycles. The molecule has 3 rings (SSSR count). The van der Waals surface area contributed by atoms with Gasteiger partial charge in [0.25, 0.3) is 0 Å². The van der Waals surface area contributed by atoms with Gasteiger partial charge >= 0.3 is 0 Å². The smallest absolute Gasteiger partial charge is 0.123 e. The number of hydrogen-bond acceptors (Lipinski definition) is 3. The van der Waals surface area contributed by atoms with E-state index >= 15 is 0 Å². The van der Waals surface area contributed by atoms with Crippen LogP contribution in [0.4, 0.5) is 0 Å². The third-order valence-electron chi connectivity index (χ3n) is 3.06. The second-order valence-electron chi connectivity index (χ2n) is 4.51. The van der Waals surface area contributed by atoms with Crippen molar-refractivity contribution < 1.29 is 10.2 Å². The van der Waals surface area contributed by atoms with Gasteiger partial charge in [-0.3, -0.25) is 0 Å². The minimum absolute atomic E-state index is 0. The summed E-state index contributed by atoms with van der Waals surface area (Å²) in [6.45, 7) is 0. The van der Waals surface area contributed by atoms with E-state index in [1.165, 1.54) is 18.2 Å². The third kappa shape index (κ3) is 3.33. The van der Waals surface area contributed by atoms with Gasteiger partial charge < -0.3 is 10.2 Å². The number of para-hydroxylation sites is 1. The Morgan fingerprint density at radius 3 is 2.52 bits per heavy atom. The molecular weight excluding hydrogens is 286 g/mol. The zero-order valence-corrected chi connectivity index (χ0v) is 11.9. The number of phenolic OH excluding ortho intramolecular Hbond substituents is 2. The van der Waals surface area contributed by atoms with Crippen molar-refractivity contribution in [3.05, 3.63) is 65.9 Å². The number of nitrogens with zero attached hydrogens (tertiary/aromatic N) is 1. The normalized spacial score (nSPS) is 10.7. The van der Waals surface area contributed by atoms with E-state index in [0.29, 0.717) is 5.56 Å². The molecule has 2 aromatic carbocycles. The lowest BCUT2D eigenvalue weighted by atomic mass is 10.1. The largest absolute Gasteiger partial charge is 0.508 e. The van der Waals surface area contributed by atoms with E-state index in [1.54, 1.807) is 12.2 Å². The molecule has 0 fully saturated rings. The molecule has 0 aliphatic heterocycles. The van der Waals surface area contributed by atoms with Gasteiger partial charge in [-0.15, -0.1) is 12.4 Å². The molecule has 2 N–H and O–H groups in total. The summed E-state index contributed by atoms with van der Waals surface area (Å²) < 4.78 is 0. The topological polar surface area (TPSA) is 53.4 Å². The lowest BCUT2D eigenvalue weighted by Gasteiger charge is -2.01. The molecule has 1 aromatic heterocycles. The fourth-order valence-corrected chi connectivity index (χ4v) is 2.03. The zero-order chi connectivity index (χ0) is 13.9. The molecule has 106 valence electrons. The summed E-state index contributed by atoms with van der Waals surface area (Å²) in [5, 5.41) is 20.2. The number of fused-ring (bicyclic) bond motifs is 1. The molecule has 4 heteroatoms. The van der Waals surface area contributed by atoms with Gasteiger partial charge in [-0.25, -0.2) is 4.98 Å². The van der Waals surface area contributed by atoms with E-state index in [4.69, 9.17) is 0 Å². The molecule has 1 heterocycles. The molecule has 0 atom stereocenters. The number of hydrogen-bond donors (Lipinski definition) is 2. The number of aromatic hydroxyl groups is 2. The molecule has 0 unspecified atom stereocenters. The van der Waals surface area contributed by atoms with Crippen LogP contribution in [0, 0.1) is 0 Å². The molecule has 3 aromatic rings. The monoisotopic (exact) mass is 299 g/mol. The summed E-state index contributed by atoms with van der Waals surface area (Å²) in [5.41, 5.74) is 2.28. The Labute approximate surface area is 128 Å². The first-order valence-corrected chi connectivity index (χ1v) is 6.28. The summed E-state index contributed by atoms with van der Waals surface area (Å²) in [5.74, 6) is 0.244. The number of phenols is 2. The first-order valence-electron chi connectivity index (χ1n) is 6.28. The van der Waals surface area contributed by atoms with Crippen LogP contribution in [-0.4, -0.2) is 15.2 Å². The molecule has 0 spiro atoms. The minimum atomic E-state index is 0. The number of halogens is 1. The Morgan fingerprint density at radius 2 is 1.67 bits per heavy atom. The lowest BCUT2D eigenvalue weighted by Crippen LogP contribution is -1.82. The standard InChI is InChI=1S/C17H13NO2.ClH/c19-15-9-10-17(20)13(11-15)6-8-14-7-5-12-3-1-2-4-16(12)18-14;/h1-11,19-20H;1H/b8-6+;. The van der Waals surface area contributed by atoms with Crippen LogP contribution in [0.25, 0.3) is 23.1 Å². The Hall–Kier alpha value is -2.52. The van der Waals surface area contributed by atoms with Crippen molar-refractivity contribution in [2.45, 2.75) is 0 Å². The number of rotatable bonds is 2. The molecule has 0 aliphatic rings. The van der Waals surface area contributed by atoms with E-state index in [9.17, 15) is 10.2 Å². The maximum absolute atomic E-state index is 9.70. The fraction of sp³-hybridized carbons (Fsp3) is 0. The summed E-state index contributed by atoms with van der Waals surface area (Å²) in [7, 11) is 0. The first-order chi connectivity index (χ1) is 9.72. The first kappa shape index (κ1) is 14.9. The second-order valence-corrected chi connectivity index (χ2v) is 4.51. The van der Waals surface area contributed by atoms with Crippen LogP contribution in [0.2, 0.25) is 0 Å². The lowest BCUT2D eigenvalue weighted by molar-refractivity contribution is 0.459. The number of aromatic nitrogens is 1. The van der Waals surface area contributed by atoms with Crippen molar-refractivity contribution in [3.8, 4) is 11.5 Å². The maximum Gasteiger partial charge on any atom is 0.123 e. The van der Waals surface area contributed by atoms with Gasteiger partial charge in [0.05, 0.1) is 11.2 Å². The molecule has 3 nitrogen and oxygen atoms in total. The Kier molecular flexibility index (Phi) is 4.45. The molecular formula is C17H14ClNO2. The Balaban J connectivity index is 0.00000161. The molecule has 0 aliphatic carbocycles. The van der Waals surface area contributed by atoms with Gasteiger partial charge in [-0.2, -0.15) is 0 Å². The van der Waals surface area contributed by atoms with Crippen molar-refractivity contribution in [2.24, 2.45) is 0 Å². The van der Waals surface area contributed by atoms with Crippen LogP contribution in [0.15, 0.2) is 54.6 Å². The molecule has 0 amide bonds. The van der Waals surface area contributed by atoms with E-state index in [1.807, 2.05) is 36.4 Å². The van der Waals surface area contributed by atoms with Gasteiger partial charge in [-0.1, -0.05) is 24.3 Å². The van der Waals surface area contributed by atoms with E-state index in [-0.39, 0.29) is 23.9 Å². The number of pyridine rings is 1. The van der Waals surface area contributed by atoms with Crippen LogP contribution in [0.5, 0.6) is 11.5 Å². The highest BCUT2D eigenvalue weighted by Crippen LogP contribution is 2.24. The van der Waals surface area contributed by atoms with E-state index < -0.39 is 0 Å². The van der Waals surface area contributed by atoms with E-state index in [2.05, 4.69) is 4.98 Å². The van der Waals surface area contributed by atoms with Crippen LogP contribution >= 0.6 is 12.4 Å². The van der Waals surface area contributed by atoms with Gasteiger partial charge in [0.15, 0.2) is 0 Å². The highest BCUT2D eigenvalue weighted by molar-refractivity contribution is 5.85. The van der Waals surface area contributed by atoms with Crippen molar-refractivity contribution in [3.63, 3.8) is 0 Å². The summed E-state index contributed by atoms with van der Waals surface area (Å²) in [6, 6.07) is 16.2. The average Bonchev–Trinajstić information content (AvgIpc) is 2.48. The van der Waals surface area contributed by atoms with Crippen LogP contribution in [0.3, 0.4) is 0 Å². The molecule has 0 radical (unpaired) electrons. The van der Waals surface area contributed by atoms with Crippen molar-refractivity contribution >= 4 is 35.5 Å². The SMILES string of the molecule is Cl.Oc1ccc(O)c(/C=C/c2ccc3ccccc3n2)c1. The summed E-state index contributed by atoms with van der Waals surface area (Å²) in [6.07, 6.45) is 3.53. The highest BCUT2D eigenvalue weighted by atomic mass is 35.5. The highest BCUT2D eigenvalue weighted by Gasteiger charge is 1.99. The van der Waals surface area contributed by atoms with Crippen LogP contribution in [-0.2, 0) is 0 Å². The molecule has 0 bridgehead atoms. The van der Waals surface area contributed by atoms with Crippen molar-refractivity contribution in [1.82, 2.24) is 4.98 Å². The quantitative estimate of drug-likeness (QED) is 0.696. The van der Waals surface area contributed by atoms with Gasteiger partial charge in [-0.05, 0) is 42.5 Å². The maximum atomic E-state index is 9.70. The fourth-order valence-electron chi connectivity index (χ4n) is 2.03. The average molecular weight is 300 g/mol. The van der Waals surface area contributed by atoms with Gasteiger partial charge in [0.2, 0.25) is 0 Å². The number of benzene rings is 2.